The summed E-state index contributed by atoms with van der Waals surface area (Å²) >= 11 is 0. The lowest BCUT2D eigenvalue weighted by Gasteiger charge is -2.22. The number of hydrogen-bond donors (Lipinski definition) is 3. The molecule has 0 rings (SSSR count). The SMILES string of the molecule is CCCCC/C=C\C/C=C\CCCCCCCCCC(=O)OCCCCCCCCCCCCCC/C=C\CCCCCCCCCCCCCCCCC(=O)NC(CO)C(O)CCCCCCCCCCCCCCCCCCC. The number of aliphatic hydroxyl groups excluding tert-OH is 2. The van der Waals surface area contributed by atoms with Gasteiger partial charge in [-0.3, -0.25) is 9.59 Å². The second-order valence-electron chi connectivity index (χ2n) is 25.3. The molecule has 478 valence electrons. The molecule has 0 spiro atoms. The maximum Gasteiger partial charge on any atom is 0.305 e. The van der Waals surface area contributed by atoms with Crippen LogP contribution in [0.15, 0.2) is 36.5 Å². The summed E-state index contributed by atoms with van der Waals surface area (Å²) in [4.78, 5) is 24.6. The highest BCUT2D eigenvalue weighted by molar-refractivity contribution is 5.76. The van der Waals surface area contributed by atoms with Crippen LogP contribution in [0.2, 0.25) is 0 Å². The Bertz CT molecular complexity index is 1310. The molecule has 2 atom stereocenters. The first kappa shape index (κ1) is 79.1. The van der Waals surface area contributed by atoms with Gasteiger partial charge in [-0.1, -0.05) is 346 Å². The van der Waals surface area contributed by atoms with Gasteiger partial charge >= 0.3 is 5.97 Å². The number of ether oxygens (including phenoxy) is 1. The Balaban J connectivity index is 3.36. The number of hydrogen-bond acceptors (Lipinski definition) is 5. The number of nitrogens with one attached hydrogen (secondary N) is 1. The van der Waals surface area contributed by atoms with Gasteiger partial charge in [0, 0.05) is 12.8 Å². The fourth-order valence-corrected chi connectivity index (χ4v) is 11.6. The highest BCUT2D eigenvalue weighted by atomic mass is 16.5. The van der Waals surface area contributed by atoms with E-state index < -0.39 is 12.1 Å². The average molecular weight is 1140 g/mol. The van der Waals surface area contributed by atoms with Crippen molar-refractivity contribution in [1.29, 1.82) is 0 Å². The van der Waals surface area contributed by atoms with Gasteiger partial charge in [-0.15, -0.1) is 0 Å². The number of carbonyl (C=O) groups excluding carboxylic acids is 2. The molecule has 0 aromatic rings. The molecule has 6 heteroatoms. The fraction of sp³-hybridized carbons (Fsp3) is 0.893. The third-order valence-electron chi connectivity index (χ3n) is 17.2. The van der Waals surface area contributed by atoms with Crippen LogP contribution in [0.25, 0.3) is 0 Å². The summed E-state index contributed by atoms with van der Waals surface area (Å²) in [6.07, 6.45) is 90.6. The first-order valence-corrected chi connectivity index (χ1v) is 36.7. The van der Waals surface area contributed by atoms with Crippen LogP contribution in [0.3, 0.4) is 0 Å². The zero-order valence-corrected chi connectivity index (χ0v) is 54.8. The van der Waals surface area contributed by atoms with Gasteiger partial charge in [0.2, 0.25) is 5.91 Å². The molecule has 0 heterocycles. The minimum Gasteiger partial charge on any atom is -0.466 e. The highest BCUT2D eigenvalue weighted by Crippen LogP contribution is 2.19. The van der Waals surface area contributed by atoms with E-state index in [4.69, 9.17) is 4.74 Å². The van der Waals surface area contributed by atoms with Crippen molar-refractivity contribution in [2.24, 2.45) is 0 Å². The van der Waals surface area contributed by atoms with Crippen molar-refractivity contribution in [3.05, 3.63) is 36.5 Å². The van der Waals surface area contributed by atoms with E-state index >= 15 is 0 Å². The highest BCUT2D eigenvalue weighted by Gasteiger charge is 2.20. The van der Waals surface area contributed by atoms with Crippen LogP contribution < -0.4 is 5.32 Å². The number of esters is 1. The lowest BCUT2D eigenvalue weighted by molar-refractivity contribution is -0.143. The summed E-state index contributed by atoms with van der Waals surface area (Å²) in [6, 6.07) is -0.541. The molecule has 0 aliphatic rings. The Labute approximate surface area is 506 Å². The lowest BCUT2D eigenvalue weighted by atomic mass is 10.0. The summed E-state index contributed by atoms with van der Waals surface area (Å²) in [5, 5.41) is 23.4. The molecule has 81 heavy (non-hydrogen) atoms. The van der Waals surface area contributed by atoms with E-state index in [0.29, 0.717) is 25.9 Å². The number of unbranched alkanes of at least 4 members (excludes halogenated alkanes) is 52. The van der Waals surface area contributed by atoms with Gasteiger partial charge in [-0.25, -0.2) is 0 Å². The van der Waals surface area contributed by atoms with Gasteiger partial charge < -0.3 is 20.3 Å². The third kappa shape index (κ3) is 67.1. The molecule has 6 nitrogen and oxygen atoms in total. The molecule has 0 radical (unpaired) electrons. The van der Waals surface area contributed by atoms with Crippen molar-refractivity contribution in [1.82, 2.24) is 5.32 Å². The van der Waals surface area contributed by atoms with E-state index in [-0.39, 0.29) is 18.5 Å². The molecule has 0 aliphatic carbocycles. The zero-order chi connectivity index (χ0) is 58.5. The average Bonchev–Trinajstić information content (AvgIpc) is 3.47. The van der Waals surface area contributed by atoms with E-state index in [1.54, 1.807) is 0 Å². The van der Waals surface area contributed by atoms with Crippen LogP contribution in [0.1, 0.15) is 406 Å². The minimum atomic E-state index is -0.664. The van der Waals surface area contributed by atoms with Gasteiger partial charge in [-0.2, -0.15) is 0 Å². The van der Waals surface area contributed by atoms with E-state index in [1.807, 2.05) is 0 Å². The summed E-state index contributed by atoms with van der Waals surface area (Å²) in [7, 11) is 0. The van der Waals surface area contributed by atoms with E-state index in [1.165, 1.54) is 321 Å². The molecule has 0 bridgehead atoms. The molecule has 1 amide bonds. The van der Waals surface area contributed by atoms with E-state index in [9.17, 15) is 19.8 Å². The Morgan fingerprint density at radius 3 is 0.975 bits per heavy atom. The van der Waals surface area contributed by atoms with Crippen LogP contribution in [-0.2, 0) is 14.3 Å². The predicted molar refractivity (Wildman–Crippen MR) is 356 cm³/mol. The zero-order valence-electron chi connectivity index (χ0n) is 54.8. The van der Waals surface area contributed by atoms with Crippen LogP contribution in [-0.4, -0.2) is 47.4 Å². The largest absolute Gasteiger partial charge is 0.466 e. The molecule has 0 aromatic heterocycles. The van der Waals surface area contributed by atoms with Crippen molar-refractivity contribution >= 4 is 11.9 Å². The van der Waals surface area contributed by atoms with Crippen LogP contribution in [0.4, 0.5) is 0 Å². The number of aliphatic hydroxyl groups is 2. The molecule has 0 aliphatic heterocycles. The van der Waals surface area contributed by atoms with Crippen molar-refractivity contribution in [3.8, 4) is 0 Å². The third-order valence-corrected chi connectivity index (χ3v) is 17.2. The topological polar surface area (TPSA) is 95.9 Å². The number of rotatable bonds is 69. The van der Waals surface area contributed by atoms with E-state index in [2.05, 4.69) is 55.6 Å². The Hall–Kier alpha value is -1.92. The second-order valence-corrected chi connectivity index (χ2v) is 25.3. The summed E-state index contributed by atoms with van der Waals surface area (Å²) in [5.74, 6) is -0.0202. The molecule has 2 unspecified atom stereocenters. The predicted octanol–water partition coefficient (Wildman–Crippen LogP) is 23.9. The standard InChI is InChI=1S/C75H143NO5/c1-3-5-7-9-11-13-15-17-19-35-39-43-47-51-55-59-63-67-73(78)72(71-77)76-74(79)68-64-60-56-52-48-44-40-37-33-31-29-27-25-23-21-22-24-26-28-30-32-34-38-42-46-50-54-58-62-66-70-81-75(80)69-65-61-57-53-49-45-41-36-20-18-16-14-12-10-8-6-4-2/h12,14,18,20,22,24,72-73,77-78H,3-11,13,15-17,19,21,23,25-71H2,1-2H3,(H,76,79)/b14-12-,20-18-,24-22-. The van der Waals surface area contributed by atoms with Crippen molar-refractivity contribution in [2.45, 2.75) is 418 Å². The number of carbonyl (C=O) groups is 2. The van der Waals surface area contributed by atoms with E-state index in [0.717, 1.165) is 51.4 Å². The Morgan fingerprint density at radius 2 is 0.617 bits per heavy atom. The smallest absolute Gasteiger partial charge is 0.305 e. The Morgan fingerprint density at radius 1 is 0.346 bits per heavy atom. The van der Waals surface area contributed by atoms with Gasteiger partial charge in [0.25, 0.3) is 0 Å². The van der Waals surface area contributed by atoms with Crippen molar-refractivity contribution < 1.29 is 24.5 Å². The first-order chi connectivity index (χ1) is 40.0. The summed E-state index contributed by atoms with van der Waals surface area (Å²) in [5.41, 5.74) is 0. The van der Waals surface area contributed by atoms with Gasteiger partial charge in [0.05, 0.1) is 25.4 Å². The van der Waals surface area contributed by atoms with Crippen molar-refractivity contribution in [2.75, 3.05) is 13.2 Å². The molecule has 3 N–H and O–H groups in total. The second kappa shape index (κ2) is 70.6. The van der Waals surface area contributed by atoms with Crippen LogP contribution in [0, 0.1) is 0 Å². The van der Waals surface area contributed by atoms with Gasteiger partial charge in [-0.05, 0) is 83.5 Å². The minimum absolute atomic E-state index is 0.00986. The monoisotopic (exact) mass is 1140 g/mol. The lowest BCUT2D eigenvalue weighted by Crippen LogP contribution is -2.45. The maximum atomic E-state index is 12.5. The maximum absolute atomic E-state index is 12.5. The normalized spacial score (nSPS) is 12.7. The molecule has 0 saturated carbocycles. The molecule has 0 aromatic carbocycles. The van der Waals surface area contributed by atoms with Gasteiger partial charge in [0.15, 0.2) is 0 Å². The first-order valence-electron chi connectivity index (χ1n) is 36.7. The van der Waals surface area contributed by atoms with Crippen LogP contribution >= 0.6 is 0 Å². The Kier molecular flexibility index (Phi) is 68.9. The van der Waals surface area contributed by atoms with Crippen molar-refractivity contribution in [3.63, 3.8) is 0 Å². The quantitative estimate of drug-likeness (QED) is 0.0320. The fourth-order valence-electron chi connectivity index (χ4n) is 11.6. The molecule has 0 fully saturated rings. The molecular formula is C75H143NO5. The molecule has 0 saturated heterocycles. The van der Waals surface area contributed by atoms with Crippen LogP contribution in [0.5, 0.6) is 0 Å². The summed E-state index contributed by atoms with van der Waals surface area (Å²) in [6.45, 7) is 4.96. The number of amides is 1. The number of allylic oxidation sites excluding steroid dienone is 6. The van der Waals surface area contributed by atoms with Gasteiger partial charge in [0.1, 0.15) is 0 Å². The molecular weight excluding hydrogens is 995 g/mol. The summed E-state index contributed by atoms with van der Waals surface area (Å²) < 4.78 is 5.50.